The molecule has 9 heteroatoms. The lowest BCUT2D eigenvalue weighted by atomic mass is 10.4. The highest BCUT2D eigenvalue weighted by Crippen LogP contribution is 2.51. The molecular weight excluding hydrogens is 273 g/mol. The zero-order valence-electron chi connectivity index (χ0n) is 10.6. The van der Waals surface area contributed by atoms with Crippen LogP contribution < -0.4 is 0 Å². The summed E-state index contributed by atoms with van der Waals surface area (Å²) in [5.74, 6) is -0.689. The molecule has 0 N–H and O–H groups in total. The normalized spacial score (nSPS) is 11.1. The van der Waals surface area contributed by atoms with E-state index in [4.69, 9.17) is 19.0 Å². The topological polar surface area (TPSA) is 115 Å². The lowest BCUT2D eigenvalue weighted by Crippen LogP contribution is -1.98. The zero-order chi connectivity index (χ0) is 14.3. The minimum atomic E-state index is -3.28. The van der Waals surface area contributed by atoms with Crippen molar-refractivity contribution in [1.82, 2.24) is 0 Å². The van der Waals surface area contributed by atoms with Crippen LogP contribution in [0.4, 0.5) is 0 Å². The quantitative estimate of drug-likeness (QED) is 0.329. The third-order valence-electron chi connectivity index (χ3n) is 2.01. The van der Waals surface area contributed by atoms with E-state index in [2.05, 4.69) is 10.0 Å². The van der Waals surface area contributed by atoms with E-state index in [1.54, 1.807) is 13.8 Å². The predicted molar refractivity (Wildman–Crippen MR) is 66.7 cm³/mol. The fourth-order valence-corrected chi connectivity index (χ4v) is 2.98. The van der Waals surface area contributed by atoms with Gasteiger partial charge in [-0.15, -0.1) is 0 Å². The number of amides is 1. The third-order valence-corrected chi connectivity index (χ3v) is 4.01. The van der Waals surface area contributed by atoms with Gasteiger partial charge >= 0.3 is 7.60 Å². The third kappa shape index (κ3) is 4.54. The minimum Gasteiger partial charge on any atom is -0.457 e. The minimum absolute atomic E-state index is 0.0851. The lowest BCUT2D eigenvalue weighted by molar-refractivity contribution is 0.0972. The Morgan fingerprint density at radius 2 is 2.05 bits per heavy atom. The van der Waals surface area contributed by atoms with Gasteiger partial charge in [0.15, 0.2) is 5.76 Å². The zero-order valence-corrected chi connectivity index (χ0v) is 11.5. The number of hydrogen-bond acceptors (Lipinski definition) is 5. The molecule has 0 saturated carbocycles. The highest BCUT2D eigenvalue weighted by Gasteiger charge is 2.26. The van der Waals surface area contributed by atoms with Crippen LogP contribution >= 0.6 is 7.60 Å². The van der Waals surface area contributed by atoms with Crippen LogP contribution in [0.5, 0.6) is 0 Å². The maximum Gasteiger partial charge on any atom is 0.338 e. The Kier molecular flexibility index (Phi) is 5.79. The monoisotopic (exact) mass is 287 g/mol. The molecule has 0 unspecified atom stereocenters. The van der Waals surface area contributed by atoms with Crippen LogP contribution in [-0.4, -0.2) is 19.1 Å². The first-order chi connectivity index (χ1) is 9.04. The molecule has 0 aliphatic heterocycles. The van der Waals surface area contributed by atoms with Crippen molar-refractivity contribution in [2.24, 2.45) is 5.11 Å². The van der Waals surface area contributed by atoms with Crippen molar-refractivity contribution in [3.05, 3.63) is 34.1 Å². The van der Waals surface area contributed by atoms with Gasteiger partial charge in [-0.3, -0.25) is 9.36 Å². The number of carbonyl (C=O) groups is 1. The van der Waals surface area contributed by atoms with Crippen LogP contribution in [-0.2, 0) is 19.8 Å². The Morgan fingerprint density at radius 1 is 1.42 bits per heavy atom. The van der Waals surface area contributed by atoms with E-state index in [1.165, 1.54) is 12.1 Å². The standard InChI is InChI=1S/C10H14N3O5P/c1-3-16-19(15,17-4-2)7-8-5-6-9(18-8)10(14)12-13-11/h5-6H,3-4,7H2,1-2H3. The number of azide groups is 1. The number of nitrogens with zero attached hydrogens (tertiary/aromatic N) is 3. The second kappa shape index (κ2) is 7.11. The van der Waals surface area contributed by atoms with E-state index in [9.17, 15) is 9.36 Å². The van der Waals surface area contributed by atoms with Crippen LogP contribution in [0.3, 0.4) is 0 Å². The van der Waals surface area contributed by atoms with Crippen LogP contribution in [0.25, 0.3) is 10.4 Å². The molecule has 0 aliphatic carbocycles. The number of hydrogen-bond donors (Lipinski definition) is 0. The first-order valence-electron chi connectivity index (χ1n) is 5.61. The first-order valence-corrected chi connectivity index (χ1v) is 7.33. The van der Waals surface area contributed by atoms with Gasteiger partial charge in [0.25, 0.3) is 5.91 Å². The van der Waals surface area contributed by atoms with E-state index in [0.29, 0.717) is 0 Å². The van der Waals surface area contributed by atoms with Crippen LogP contribution in [0.15, 0.2) is 21.7 Å². The summed E-state index contributed by atoms with van der Waals surface area (Å²) >= 11 is 0. The van der Waals surface area contributed by atoms with Gasteiger partial charge < -0.3 is 13.5 Å². The van der Waals surface area contributed by atoms with Gasteiger partial charge in [0, 0.05) is 4.91 Å². The average Bonchev–Trinajstić information content (AvgIpc) is 2.78. The van der Waals surface area contributed by atoms with Crippen molar-refractivity contribution >= 4 is 13.5 Å². The molecule has 0 aromatic carbocycles. The summed E-state index contributed by atoms with van der Waals surface area (Å²) in [4.78, 5) is 13.6. The summed E-state index contributed by atoms with van der Waals surface area (Å²) in [6.07, 6.45) is -0.0851. The fraction of sp³-hybridized carbons (Fsp3) is 0.500. The molecule has 1 heterocycles. The van der Waals surface area contributed by atoms with Crippen LogP contribution in [0.1, 0.15) is 30.2 Å². The van der Waals surface area contributed by atoms with Crippen LogP contribution in [0.2, 0.25) is 0 Å². The Labute approximate surface area is 109 Å². The molecule has 8 nitrogen and oxygen atoms in total. The molecule has 0 atom stereocenters. The molecule has 0 aliphatic rings. The summed E-state index contributed by atoms with van der Waals surface area (Å²) in [5, 5.41) is 2.89. The molecule has 19 heavy (non-hydrogen) atoms. The lowest BCUT2D eigenvalue weighted by Gasteiger charge is -2.15. The first kappa shape index (κ1) is 15.5. The number of furan rings is 1. The summed E-state index contributed by atoms with van der Waals surface area (Å²) in [5.41, 5.74) is 8.14. The Bertz CT molecular complexity index is 525. The second-order valence-corrected chi connectivity index (χ2v) is 5.42. The highest BCUT2D eigenvalue weighted by atomic mass is 31.2. The fourth-order valence-electron chi connectivity index (χ4n) is 1.38. The van der Waals surface area contributed by atoms with Gasteiger partial charge in [0.05, 0.1) is 13.2 Å². The summed E-state index contributed by atoms with van der Waals surface area (Å²) in [6.45, 7) is 3.87. The summed E-state index contributed by atoms with van der Waals surface area (Å²) in [6, 6.07) is 2.80. The SMILES string of the molecule is CCOP(=O)(Cc1ccc(C(=O)N=[N+]=[N-])o1)OCC. The Morgan fingerprint density at radius 3 is 2.58 bits per heavy atom. The Hall–Kier alpha value is -1.59. The van der Waals surface area contributed by atoms with E-state index in [-0.39, 0.29) is 30.9 Å². The largest absolute Gasteiger partial charge is 0.457 e. The van der Waals surface area contributed by atoms with Crippen molar-refractivity contribution in [3.8, 4) is 0 Å². The van der Waals surface area contributed by atoms with E-state index >= 15 is 0 Å². The molecule has 104 valence electrons. The van der Waals surface area contributed by atoms with E-state index in [0.717, 1.165) is 0 Å². The average molecular weight is 287 g/mol. The van der Waals surface area contributed by atoms with Crippen molar-refractivity contribution in [1.29, 1.82) is 0 Å². The molecule has 1 rings (SSSR count). The van der Waals surface area contributed by atoms with Gasteiger partial charge in [-0.2, -0.15) is 0 Å². The maximum atomic E-state index is 12.2. The van der Waals surface area contributed by atoms with Crippen LogP contribution in [0, 0.1) is 0 Å². The molecule has 0 fully saturated rings. The van der Waals surface area contributed by atoms with Crippen molar-refractivity contribution in [3.63, 3.8) is 0 Å². The van der Waals surface area contributed by atoms with Crippen molar-refractivity contribution in [2.45, 2.75) is 20.0 Å². The van der Waals surface area contributed by atoms with Gasteiger partial charge in [0.1, 0.15) is 11.9 Å². The van der Waals surface area contributed by atoms with Gasteiger partial charge in [-0.25, -0.2) is 0 Å². The molecular formula is C10H14N3O5P. The molecule has 1 aromatic rings. The predicted octanol–water partition coefficient (Wildman–Crippen LogP) is 3.50. The molecule has 0 saturated heterocycles. The molecule has 1 amide bonds. The highest BCUT2D eigenvalue weighted by molar-refractivity contribution is 7.53. The van der Waals surface area contributed by atoms with Gasteiger partial charge in [-0.1, -0.05) is 0 Å². The summed E-state index contributed by atoms with van der Waals surface area (Å²) < 4.78 is 27.6. The second-order valence-electron chi connectivity index (χ2n) is 3.37. The molecule has 1 aromatic heterocycles. The number of rotatable bonds is 7. The molecule has 0 bridgehead atoms. The van der Waals surface area contributed by atoms with E-state index in [1.807, 2.05) is 0 Å². The molecule has 0 radical (unpaired) electrons. The van der Waals surface area contributed by atoms with Crippen molar-refractivity contribution in [2.75, 3.05) is 13.2 Å². The number of carbonyl (C=O) groups excluding carboxylic acids is 1. The molecule has 0 spiro atoms. The van der Waals surface area contributed by atoms with E-state index < -0.39 is 13.5 Å². The van der Waals surface area contributed by atoms with Gasteiger partial charge in [-0.05, 0) is 36.6 Å². The maximum absolute atomic E-state index is 12.2. The summed E-state index contributed by atoms with van der Waals surface area (Å²) in [7, 11) is -3.28. The Balaban J connectivity index is 2.84. The smallest absolute Gasteiger partial charge is 0.338 e. The van der Waals surface area contributed by atoms with Crippen molar-refractivity contribution < 1.29 is 22.8 Å². The van der Waals surface area contributed by atoms with Gasteiger partial charge in [0.2, 0.25) is 0 Å².